The highest BCUT2D eigenvalue weighted by molar-refractivity contribution is 5.79. The number of guanidine groups is 1. The van der Waals surface area contributed by atoms with Crippen molar-refractivity contribution in [1.82, 2.24) is 10.2 Å². The van der Waals surface area contributed by atoms with Gasteiger partial charge >= 0.3 is 0 Å². The first-order chi connectivity index (χ1) is 13.1. The molecule has 0 saturated carbocycles. The molecule has 0 spiro atoms. The molecule has 5 nitrogen and oxygen atoms in total. The van der Waals surface area contributed by atoms with Gasteiger partial charge < -0.3 is 19.7 Å². The number of nitrogens with zero attached hydrogens (tertiary/aromatic N) is 2. The molecule has 1 unspecified atom stereocenters. The van der Waals surface area contributed by atoms with Crippen LogP contribution >= 0.6 is 0 Å². The summed E-state index contributed by atoms with van der Waals surface area (Å²) in [5.41, 5.74) is 3.51. The van der Waals surface area contributed by atoms with Crippen LogP contribution in [0.5, 0.6) is 5.75 Å². The summed E-state index contributed by atoms with van der Waals surface area (Å²) in [7, 11) is 4.00. The average molecular weight is 367 g/mol. The summed E-state index contributed by atoms with van der Waals surface area (Å²) >= 11 is 0. The molecule has 3 rings (SSSR count). The summed E-state index contributed by atoms with van der Waals surface area (Å²) in [6.45, 7) is 4.85. The lowest BCUT2D eigenvalue weighted by Crippen LogP contribution is -2.36. The zero-order chi connectivity index (χ0) is 19.1. The van der Waals surface area contributed by atoms with E-state index in [0.29, 0.717) is 19.7 Å². The molecule has 1 heterocycles. The minimum absolute atomic E-state index is 0.144. The van der Waals surface area contributed by atoms with Crippen molar-refractivity contribution in [3.63, 3.8) is 0 Å². The molecule has 0 radical (unpaired) electrons. The van der Waals surface area contributed by atoms with E-state index in [0.717, 1.165) is 30.3 Å². The lowest BCUT2D eigenvalue weighted by molar-refractivity contribution is 0.140. The van der Waals surface area contributed by atoms with Gasteiger partial charge in [0.15, 0.2) is 5.96 Å². The van der Waals surface area contributed by atoms with Crippen molar-refractivity contribution in [3.8, 4) is 5.75 Å². The Labute approximate surface area is 162 Å². The quantitative estimate of drug-likeness (QED) is 0.628. The SMILES string of the molecule is Cc1ccc(CNC(=NCc2ccccc2)N(C)C)c(OC2CCOC2)c1. The van der Waals surface area contributed by atoms with Gasteiger partial charge in [-0.3, -0.25) is 0 Å². The number of ether oxygens (including phenoxy) is 2. The maximum absolute atomic E-state index is 6.19. The van der Waals surface area contributed by atoms with Crippen LogP contribution in [0.1, 0.15) is 23.1 Å². The molecule has 5 heteroatoms. The van der Waals surface area contributed by atoms with Crippen LogP contribution in [0.15, 0.2) is 53.5 Å². The van der Waals surface area contributed by atoms with E-state index >= 15 is 0 Å². The Balaban J connectivity index is 1.67. The monoisotopic (exact) mass is 367 g/mol. The molecule has 0 aliphatic carbocycles. The second-order valence-corrected chi connectivity index (χ2v) is 7.09. The van der Waals surface area contributed by atoms with E-state index in [4.69, 9.17) is 14.5 Å². The van der Waals surface area contributed by atoms with Gasteiger partial charge in [0, 0.05) is 32.6 Å². The largest absolute Gasteiger partial charge is 0.488 e. The van der Waals surface area contributed by atoms with E-state index in [-0.39, 0.29) is 6.10 Å². The van der Waals surface area contributed by atoms with Crippen LogP contribution in [0.25, 0.3) is 0 Å². The van der Waals surface area contributed by atoms with Crippen LogP contribution in [-0.4, -0.2) is 44.3 Å². The number of aliphatic imine (C=N–C) groups is 1. The molecule has 0 aromatic heterocycles. The fourth-order valence-corrected chi connectivity index (χ4v) is 2.98. The van der Waals surface area contributed by atoms with Crippen molar-refractivity contribution in [1.29, 1.82) is 0 Å². The Morgan fingerprint density at radius 2 is 2.04 bits per heavy atom. The average Bonchev–Trinajstić information content (AvgIpc) is 3.17. The highest BCUT2D eigenvalue weighted by Gasteiger charge is 2.19. The molecule has 0 amide bonds. The molecule has 2 aromatic carbocycles. The summed E-state index contributed by atoms with van der Waals surface area (Å²) in [6.07, 6.45) is 1.09. The van der Waals surface area contributed by atoms with E-state index in [2.05, 4.69) is 42.6 Å². The van der Waals surface area contributed by atoms with Crippen molar-refractivity contribution >= 4 is 5.96 Å². The highest BCUT2D eigenvalue weighted by atomic mass is 16.5. The Morgan fingerprint density at radius 3 is 2.74 bits per heavy atom. The summed E-state index contributed by atoms with van der Waals surface area (Å²) in [6, 6.07) is 16.6. The molecule has 1 saturated heterocycles. The molecule has 1 N–H and O–H groups in total. The zero-order valence-corrected chi connectivity index (χ0v) is 16.4. The molecule has 1 aliphatic rings. The first kappa shape index (κ1) is 19.2. The van der Waals surface area contributed by atoms with Crippen LogP contribution in [0.4, 0.5) is 0 Å². The van der Waals surface area contributed by atoms with Crippen LogP contribution < -0.4 is 10.1 Å². The fourth-order valence-electron chi connectivity index (χ4n) is 2.98. The first-order valence-corrected chi connectivity index (χ1v) is 9.45. The van der Waals surface area contributed by atoms with E-state index in [9.17, 15) is 0 Å². The van der Waals surface area contributed by atoms with Gasteiger partial charge in [0.1, 0.15) is 11.9 Å². The number of benzene rings is 2. The van der Waals surface area contributed by atoms with Gasteiger partial charge in [-0.2, -0.15) is 0 Å². The number of aryl methyl sites for hydroxylation is 1. The van der Waals surface area contributed by atoms with Gasteiger partial charge in [0.05, 0.1) is 19.8 Å². The van der Waals surface area contributed by atoms with Crippen LogP contribution in [0.2, 0.25) is 0 Å². The lowest BCUT2D eigenvalue weighted by atomic mass is 10.1. The van der Waals surface area contributed by atoms with E-state index in [1.165, 1.54) is 11.1 Å². The standard InChI is InChI=1S/C22H29N3O2/c1-17-9-10-19(21(13-17)27-20-11-12-26-16-20)15-24-22(25(2)3)23-14-18-7-5-4-6-8-18/h4-10,13,20H,11-12,14-16H2,1-3H3,(H,23,24). The van der Waals surface area contributed by atoms with Gasteiger partial charge in [-0.15, -0.1) is 0 Å². The Kier molecular flexibility index (Phi) is 6.71. The number of nitrogens with one attached hydrogen (secondary N) is 1. The van der Waals surface area contributed by atoms with Crippen LogP contribution in [0.3, 0.4) is 0 Å². The summed E-state index contributed by atoms with van der Waals surface area (Å²) in [5, 5.41) is 3.46. The molecule has 1 fully saturated rings. The van der Waals surface area contributed by atoms with Gasteiger partial charge in [-0.05, 0) is 24.1 Å². The Morgan fingerprint density at radius 1 is 1.22 bits per heavy atom. The molecule has 144 valence electrons. The smallest absolute Gasteiger partial charge is 0.194 e. The molecule has 0 bridgehead atoms. The summed E-state index contributed by atoms with van der Waals surface area (Å²) in [4.78, 5) is 6.73. The van der Waals surface area contributed by atoms with Crippen molar-refractivity contribution in [2.75, 3.05) is 27.3 Å². The fraction of sp³-hybridized carbons (Fsp3) is 0.409. The number of hydrogen-bond acceptors (Lipinski definition) is 3. The van der Waals surface area contributed by atoms with Gasteiger partial charge in [0.2, 0.25) is 0 Å². The third kappa shape index (κ3) is 5.73. The maximum Gasteiger partial charge on any atom is 0.194 e. The third-order valence-corrected chi connectivity index (χ3v) is 4.52. The molecule has 2 aromatic rings. The second kappa shape index (κ2) is 9.42. The first-order valence-electron chi connectivity index (χ1n) is 9.45. The second-order valence-electron chi connectivity index (χ2n) is 7.09. The van der Waals surface area contributed by atoms with Crippen molar-refractivity contribution < 1.29 is 9.47 Å². The maximum atomic E-state index is 6.19. The molecule has 27 heavy (non-hydrogen) atoms. The highest BCUT2D eigenvalue weighted by Crippen LogP contribution is 2.23. The van der Waals surface area contributed by atoms with Crippen LogP contribution in [0, 0.1) is 6.92 Å². The Hall–Kier alpha value is -2.53. The summed E-state index contributed by atoms with van der Waals surface area (Å²) in [5.74, 6) is 1.79. The van der Waals surface area contributed by atoms with E-state index in [1.54, 1.807) is 0 Å². The Bertz CT molecular complexity index is 753. The number of rotatable bonds is 6. The van der Waals surface area contributed by atoms with E-state index < -0.39 is 0 Å². The van der Waals surface area contributed by atoms with Gasteiger partial charge in [-0.25, -0.2) is 4.99 Å². The predicted octanol–water partition coefficient (Wildman–Crippen LogP) is 3.37. The lowest BCUT2D eigenvalue weighted by Gasteiger charge is -2.20. The van der Waals surface area contributed by atoms with Crippen LogP contribution in [-0.2, 0) is 17.8 Å². The predicted molar refractivity (Wildman–Crippen MR) is 109 cm³/mol. The number of hydrogen-bond donors (Lipinski definition) is 1. The minimum Gasteiger partial charge on any atom is -0.488 e. The topological polar surface area (TPSA) is 46.1 Å². The zero-order valence-electron chi connectivity index (χ0n) is 16.4. The molecule has 1 aliphatic heterocycles. The molecular weight excluding hydrogens is 338 g/mol. The third-order valence-electron chi connectivity index (χ3n) is 4.52. The van der Waals surface area contributed by atoms with E-state index in [1.807, 2.05) is 37.2 Å². The molecular formula is C22H29N3O2. The van der Waals surface area contributed by atoms with Gasteiger partial charge in [0.25, 0.3) is 0 Å². The molecule has 1 atom stereocenters. The van der Waals surface area contributed by atoms with Crippen molar-refractivity contribution in [3.05, 3.63) is 65.2 Å². The van der Waals surface area contributed by atoms with Crippen molar-refractivity contribution in [2.45, 2.75) is 32.5 Å². The van der Waals surface area contributed by atoms with Gasteiger partial charge in [-0.1, -0.05) is 42.5 Å². The van der Waals surface area contributed by atoms with Crippen molar-refractivity contribution in [2.24, 2.45) is 4.99 Å². The minimum atomic E-state index is 0.144. The normalized spacial score (nSPS) is 17.0. The summed E-state index contributed by atoms with van der Waals surface area (Å²) < 4.78 is 11.6.